The first-order valence-electron chi connectivity index (χ1n) is 11.7. The number of hydrogen-bond acceptors (Lipinski definition) is 6. The molecule has 0 saturated carbocycles. The monoisotopic (exact) mass is 485 g/mol. The van der Waals surface area contributed by atoms with E-state index in [0.717, 1.165) is 28.9 Å². The van der Waals surface area contributed by atoms with Crippen molar-refractivity contribution in [1.29, 1.82) is 0 Å². The van der Waals surface area contributed by atoms with Crippen molar-refractivity contribution in [2.45, 2.75) is 38.2 Å². The first-order valence-corrected chi connectivity index (χ1v) is 12.6. The topological polar surface area (TPSA) is 64.6 Å². The smallest absolute Gasteiger partial charge is 0.336 e. The van der Waals surface area contributed by atoms with Crippen LogP contribution in [0, 0.1) is 0 Å². The Labute approximate surface area is 209 Å². The molecule has 5 rings (SSSR count). The molecule has 178 valence electrons. The Morgan fingerprint density at radius 2 is 1.89 bits per heavy atom. The summed E-state index contributed by atoms with van der Waals surface area (Å²) in [6.07, 6.45) is 1.16. The molecule has 1 aliphatic carbocycles. The zero-order valence-electron chi connectivity index (χ0n) is 19.7. The lowest BCUT2D eigenvalue weighted by atomic mass is 9.72. The molecule has 2 atom stereocenters. The van der Waals surface area contributed by atoms with Gasteiger partial charge in [-0.25, -0.2) is 4.79 Å². The fraction of sp³-hybridized carbons (Fsp3) is 0.241. The lowest BCUT2D eigenvalue weighted by molar-refractivity contribution is -0.136. The third-order valence-corrected chi connectivity index (χ3v) is 7.65. The van der Waals surface area contributed by atoms with Crippen molar-refractivity contribution in [3.63, 3.8) is 0 Å². The quantitative estimate of drug-likeness (QED) is 0.443. The molecule has 5 nitrogen and oxygen atoms in total. The number of thiophene rings is 1. The summed E-state index contributed by atoms with van der Waals surface area (Å²) in [5, 5.41) is 5.42. The molecule has 0 bridgehead atoms. The molecule has 0 radical (unpaired) electrons. The van der Waals surface area contributed by atoms with Crippen molar-refractivity contribution in [3.8, 4) is 5.75 Å². The Morgan fingerprint density at radius 3 is 2.63 bits per heavy atom. The van der Waals surface area contributed by atoms with Gasteiger partial charge >= 0.3 is 5.97 Å². The molecule has 0 spiro atoms. The van der Waals surface area contributed by atoms with Gasteiger partial charge in [-0.3, -0.25) is 4.79 Å². The number of allylic oxidation sites excluding steroid dienone is 3. The third kappa shape index (κ3) is 4.66. The van der Waals surface area contributed by atoms with Crippen molar-refractivity contribution in [1.82, 2.24) is 5.32 Å². The SMILES string of the molecule is COC(=O)C1=C(C)NC2=C(C(=O)C[C@@H](c3cccs3)C2)[C@@H]1c1cccc(OCc2ccccc2)c1. The van der Waals surface area contributed by atoms with E-state index in [-0.39, 0.29) is 11.7 Å². The highest BCUT2D eigenvalue weighted by Gasteiger charge is 2.41. The van der Waals surface area contributed by atoms with Gasteiger partial charge in [0.2, 0.25) is 0 Å². The van der Waals surface area contributed by atoms with Crippen LogP contribution in [0.15, 0.2) is 94.7 Å². The van der Waals surface area contributed by atoms with Crippen LogP contribution < -0.4 is 10.1 Å². The van der Waals surface area contributed by atoms with Crippen LogP contribution in [-0.4, -0.2) is 18.9 Å². The number of ketones is 1. The fourth-order valence-electron chi connectivity index (χ4n) is 5.00. The first kappa shape index (κ1) is 23.1. The van der Waals surface area contributed by atoms with Gasteiger partial charge in [0, 0.05) is 40.1 Å². The summed E-state index contributed by atoms with van der Waals surface area (Å²) in [4.78, 5) is 27.7. The van der Waals surface area contributed by atoms with Gasteiger partial charge in [-0.1, -0.05) is 48.5 Å². The Bertz CT molecular complexity index is 1310. The second kappa shape index (κ2) is 9.92. The van der Waals surface area contributed by atoms with Crippen LogP contribution in [0.4, 0.5) is 0 Å². The van der Waals surface area contributed by atoms with E-state index in [1.54, 1.807) is 11.3 Å². The van der Waals surface area contributed by atoms with E-state index in [2.05, 4.69) is 11.4 Å². The normalized spacial score (nSPS) is 19.8. The summed E-state index contributed by atoms with van der Waals surface area (Å²) in [6, 6.07) is 21.7. The molecular formula is C29H27NO4S. The lowest BCUT2D eigenvalue weighted by Gasteiger charge is -2.36. The van der Waals surface area contributed by atoms with Crippen LogP contribution in [0.2, 0.25) is 0 Å². The molecule has 0 unspecified atom stereocenters. The number of carbonyl (C=O) groups is 2. The Balaban J connectivity index is 1.52. The van der Waals surface area contributed by atoms with Gasteiger partial charge < -0.3 is 14.8 Å². The second-order valence-corrected chi connectivity index (χ2v) is 9.85. The molecule has 2 heterocycles. The van der Waals surface area contributed by atoms with Crippen molar-refractivity contribution >= 4 is 23.1 Å². The minimum Gasteiger partial charge on any atom is -0.489 e. The standard InChI is InChI=1S/C29H27NO4S/c1-18-26(29(32)33-2)27(20-10-6-11-22(14-20)34-17-19-8-4-3-5-9-19)28-23(30-18)15-21(16-24(28)31)25-12-7-13-35-25/h3-14,21,27,30H,15-17H2,1-2H3/t21-,27+/m0/s1. The number of dihydropyridines is 1. The maximum absolute atomic E-state index is 13.6. The third-order valence-electron chi connectivity index (χ3n) is 6.62. The van der Waals surface area contributed by atoms with E-state index in [4.69, 9.17) is 9.47 Å². The number of rotatable bonds is 6. The highest BCUT2D eigenvalue weighted by atomic mass is 32.1. The van der Waals surface area contributed by atoms with E-state index in [1.165, 1.54) is 12.0 Å². The average molecular weight is 486 g/mol. The molecule has 1 aliphatic heterocycles. The van der Waals surface area contributed by atoms with E-state index < -0.39 is 11.9 Å². The molecule has 35 heavy (non-hydrogen) atoms. The maximum Gasteiger partial charge on any atom is 0.336 e. The molecule has 3 aromatic rings. The average Bonchev–Trinajstić information content (AvgIpc) is 3.42. The molecular weight excluding hydrogens is 458 g/mol. The summed E-state index contributed by atoms with van der Waals surface area (Å²) in [5.41, 5.74) is 4.64. The largest absolute Gasteiger partial charge is 0.489 e. The molecule has 6 heteroatoms. The Kier molecular flexibility index (Phi) is 6.55. The number of methoxy groups -OCH3 is 1. The molecule has 1 N–H and O–H groups in total. The zero-order chi connectivity index (χ0) is 24.4. The zero-order valence-corrected chi connectivity index (χ0v) is 20.6. The van der Waals surface area contributed by atoms with Crippen LogP contribution in [0.3, 0.4) is 0 Å². The predicted octanol–water partition coefficient (Wildman–Crippen LogP) is 5.86. The lowest BCUT2D eigenvalue weighted by Crippen LogP contribution is -2.35. The predicted molar refractivity (Wildman–Crippen MR) is 136 cm³/mol. The van der Waals surface area contributed by atoms with Crippen molar-refractivity contribution in [3.05, 3.63) is 111 Å². The van der Waals surface area contributed by atoms with E-state index in [1.807, 2.05) is 73.0 Å². The van der Waals surface area contributed by atoms with Crippen molar-refractivity contribution < 1.29 is 19.1 Å². The minimum atomic E-state index is -0.504. The summed E-state index contributed by atoms with van der Waals surface area (Å²) in [7, 11) is 1.37. The van der Waals surface area contributed by atoms with Gasteiger partial charge in [-0.05, 0) is 48.1 Å². The maximum atomic E-state index is 13.6. The number of nitrogens with one attached hydrogen (secondary N) is 1. The van der Waals surface area contributed by atoms with Crippen LogP contribution in [0.5, 0.6) is 5.75 Å². The van der Waals surface area contributed by atoms with Crippen molar-refractivity contribution in [2.75, 3.05) is 7.11 Å². The van der Waals surface area contributed by atoms with Gasteiger partial charge in [-0.15, -0.1) is 11.3 Å². The number of benzene rings is 2. The second-order valence-electron chi connectivity index (χ2n) is 8.87. The van der Waals surface area contributed by atoms with Crippen molar-refractivity contribution in [2.24, 2.45) is 0 Å². The van der Waals surface area contributed by atoms with Gasteiger partial charge in [0.25, 0.3) is 0 Å². The summed E-state index contributed by atoms with van der Waals surface area (Å²) in [5.74, 6) is -0.0474. The number of ether oxygens (including phenoxy) is 2. The Morgan fingerprint density at radius 1 is 1.06 bits per heavy atom. The van der Waals surface area contributed by atoms with Crippen LogP contribution in [0.25, 0.3) is 0 Å². The van der Waals surface area contributed by atoms with Gasteiger partial charge in [0.1, 0.15) is 12.4 Å². The summed E-state index contributed by atoms with van der Waals surface area (Å²) in [6.45, 7) is 2.31. The minimum absolute atomic E-state index is 0.0617. The molecule has 1 aromatic heterocycles. The van der Waals surface area contributed by atoms with Crippen LogP contribution >= 0.6 is 11.3 Å². The van der Waals surface area contributed by atoms with Gasteiger partial charge in [0.15, 0.2) is 5.78 Å². The highest BCUT2D eigenvalue weighted by molar-refractivity contribution is 7.10. The number of hydrogen-bond donors (Lipinski definition) is 1. The molecule has 0 saturated heterocycles. The summed E-state index contributed by atoms with van der Waals surface area (Å²) >= 11 is 1.68. The number of esters is 1. The fourth-order valence-corrected chi connectivity index (χ4v) is 5.83. The van der Waals surface area contributed by atoms with E-state index >= 15 is 0 Å². The Hall–Kier alpha value is -3.64. The number of Topliss-reactive ketones (excluding diaryl/α,β-unsaturated/α-hetero) is 1. The molecule has 0 amide bonds. The molecule has 0 fully saturated rings. The van der Waals surface area contributed by atoms with Crippen LogP contribution in [0.1, 0.15) is 47.6 Å². The van der Waals surface area contributed by atoms with Gasteiger partial charge in [-0.2, -0.15) is 0 Å². The summed E-state index contributed by atoms with van der Waals surface area (Å²) < 4.78 is 11.2. The van der Waals surface area contributed by atoms with Gasteiger partial charge in [0.05, 0.1) is 12.7 Å². The first-order chi connectivity index (χ1) is 17.0. The highest BCUT2D eigenvalue weighted by Crippen LogP contribution is 2.46. The van der Waals surface area contributed by atoms with E-state index in [0.29, 0.717) is 29.9 Å². The van der Waals surface area contributed by atoms with E-state index in [9.17, 15) is 9.59 Å². The van der Waals surface area contributed by atoms with Crippen LogP contribution in [-0.2, 0) is 20.9 Å². The number of carbonyl (C=O) groups excluding carboxylic acids is 2. The molecule has 2 aliphatic rings. The molecule has 2 aromatic carbocycles.